The summed E-state index contributed by atoms with van der Waals surface area (Å²) in [5.74, 6) is 5.81. The second-order valence-electron chi connectivity index (χ2n) is 5.46. The number of hydrogen-bond donors (Lipinski definition) is 2. The second kappa shape index (κ2) is 5.87. The monoisotopic (exact) mass is 251 g/mol. The third kappa shape index (κ3) is 2.60. The zero-order chi connectivity index (χ0) is 13.0. The highest BCUT2D eigenvalue weighted by Crippen LogP contribution is 2.29. The van der Waals surface area contributed by atoms with E-state index in [0.717, 1.165) is 12.8 Å². The summed E-state index contributed by atoms with van der Waals surface area (Å²) in [5, 5.41) is 0. The van der Waals surface area contributed by atoms with Crippen molar-refractivity contribution in [2.24, 2.45) is 5.84 Å². The smallest absolute Gasteiger partial charge is 0.0935 e. The largest absolute Gasteiger partial charge is 0.472 e. The third-order valence-corrected chi connectivity index (χ3v) is 4.52. The minimum absolute atomic E-state index is 0.114. The molecule has 4 nitrogen and oxygen atoms in total. The summed E-state index contributed by atoms with van der Waals surface area (Å²) in [6.07, 6.45) is 8.15. The van der Waals surface area contributed by atoms with Crippen LogP contribution in [0.4, 0.5) is 0 Å². The number of likely N-dealkylation sites (tertiary alicyclic amines) is 1. The van der Waals surface area contributed by atoms with Gasteiger partial charge in [0.15, 0.2) is 0 Å². The van der Waals surface area contributed by atoms with Crippen molar-refractivity contribution in [3.05, 3.63) is 24.2 Å². The molecule has 0 aromatic carbocycles. The van der Waals surface area contributed by atoms with Crippen LogP contribution in [0.15, 0.2) is 23.0 Å². The van der Waals surface area contributed by atoms with Gasteiger partial charge in [0, 0.05) is 11.6 Å². The maximum Gasteiger partial charge on any atom is 0.0935 e. The number of nitrogens with one attached hydrogen (secondary N) is 1. The minimum atomic E-state index is 0.114. The van der Waals surface area contributed by atoms with Crippen molar-refractivity contribution in [3.8, 4) is 0 Å². The molecule has 1 aromatic heterocycles. The lowest BCUT2D eigenvalue weighted by Crippen LogP contribution is -2.61. The average Bonchev–Trinajstić information content (AvgIpc) is 3.07. The Bertz CT molecular complexity index is 346. The van der Waals surface area contributed by atoms with Crippen molar-refractivity contribution in [3.63, 3.8) is 0 Å². The third-order valence-electron chi connectivity index (χ3n) is 4.52. The molecule has 1 saturated heterocycles. The molecule has 2 rings (SSSR count). The molecule has 1 aromatic rings. The van der Waals surface area contributed by atoms with E-state index in [0.29, 0.717) is 0 Å². The average molecular weight is 251 g/mol. The van der Waals surface area contributed by atoms with Gasteiger partial charge in [0.25, 0.3) is 0 Å². The highest BCUT2D eigenvalue weighted by molar-refractivity contribution is 5.11. The van der Waals surface area contributed by atoms with Gasteiger partial charge in [-0.05, 0) is 57.3 Å². The van der Waals surface area contributed by atoms with Gasteiger partial charge in [-0.2, -0.15) is 0 Å². The van der Waals surface area contributed by atoms with E-state index >= 15 is 0 Å². The first-order chi connectivity index (χ1) is 8.70. The molecule has 1 aliphatic rings. The first kappa shape index (κ1) is 13.6. The summed E-state index contributed by atoms with van der Waals surface area (Å²) < 4.78 is 5.15. The van der Waals surface area contributed by atoms with E-state index in [-0.39, 0.29) is 11.6 Å². The van der Waals surface area contributed by atoms with E-state index in [1.165, 1.54) is 31.5 Å². The van der Waals surface area contributed by atoms with Crippen molar-refractivity contribution in [1.82, 2.24) is 10.3 Å². The Kier molecular flexibility index (Phi) is 4.43. The van der Waals surface area contributed by atoms with E-state index in [4.69, 9.17) is 10.3 Å². The number of hydrazine groups is 1. The molecular formula is C14H25N3O. The van der Waals surface area contributed by atoms with Gasteiger partial charge in [-0.25, -0.2) is 0 Å². The molecule has 2 heterocycles. The predicted molar refractivity (Wildman–Crippen MR) is 73.0 cm³/mol. The number of nitrogens with zero attached hydrogens (tertiary/aromatic N) is 1. The summed E-state index contributed by atoms with van der Waals surface area (Å²) in [6.45, 7) is 6.95. The topological polar surface area (TPSA) is 54.4 Å². The quantitative estimate of drug-likeness (QED) is 0.599. The lowest BCUT2D eigenvalue weighted by atomic mass is 9.84. The Morgan fingerprint density at radius 2 is 2.22 bits per heavy atom. The molecule has 0 bridgehead atoms. The standard InChI is InChI=1S/C14H25N3O/c1-3-14(2,17-7-4-5-8-17)13(16-15)10-12-6-9-18-11-12/h6,9,11,13,16H,3-5,7-8,10,15H2,1-2H3. The van der Waals surface area contributed by atoms with E-state index in [1.54, 1.807) is 6.26 Å². The molecule has 1 fully saturated rings. The molecule has 18 heavy (non-hydrogen) atoms. The van der Waals surface area contributed by atoms with Crippen LogP contribution < -0.4 is 11.3 Å². The normalized spacial score (nSPS) is 21.9. The molecule has 3 N–H and O–H groups in total. The van der Waals surface area contributed by atoms with Gasteiger partial charge in [0.05, 0.1) is 12.5 Å². The lowest BCUT2D eigenvalue weighted by Gasteiger charge is -2.44. The summed E-state index contributed by atoms with van der Waals surface area (Å²) >= 11 is 0. The number of rotatable bonds is 6. The Balaban J connectivity index is 2.11. The van der Waals surface area contributed by atoms with E-state index in [9.17, 15) is 0 Å². The molecule has 2 unspecified atom stereocenters. The van der Waals surface area contributed by atoms with Crippen LogP contribution in [0.1, 0.15) is 38.7 Å². The van der Waals surface area contributed by atoms with Crippen molar-refractivity contribution >= 4 is 0 Å². The fraction of sp³-hybridized carbons (Fsp3) is 0.714. The Morgan fingerprint density at radius 3 is 2.72 bits per heavy atom. The Morgan fingerprint density at radius 1 is 1.50 bits per heavy atom. The number of furan rings is 1. The summed E-state index contributed by atoms with van der Waals surface area (Å²) in [6, 6.07) is 2.27. The summed E-state index contributed by atoms with van der Waals surface area (Å²) in [5.41, 5.74) is 4.34. The highest BCUT2D eigenvalue weighted by Gasteiger charge is 2.38. The SMILES string of the molecule is CCC(C)(C(Cc1ccoc1)NN)N1CCCC1. The van der Waals surface area contributed by atoms with Crippen molar-refractivity contribution in [2.45, 2.75) is 51.1 Å². The van der Waals surface area contributed by atoms with Gasteiger partial charge in [-0.1, -0.05) is 6.92 Å². The van der Waals surface area contributed by atoms with Crippen LogP contribution in [0.3, 0.4) is 0 Å². The highest BCUT2D eigenvalue weighted by atomic mass is 16.3. The molecule has 0 aliphatic carbocycles. The molecular weight excluding hydrogens is 226 g/mol. The van der Waals surface area contributed by atoms with Crippen LogP contribution in [0.5, 0.6) is 0 Å². The van der Waals surface area contributed by atoms with Gasteiger partial charge in [-0.15, -0.1) is 0 Å². The van der Waals surface area contributed by atoms with Crippen LogP contribution in [0.25, 0.3) is 0 Å². The first-order valence-electron chi connectivity index (χ1n) is 6.93. The van der Waals surface area contributed by atoms with Crippen LogP contribution in [0.2, 0.25) is 0 Å². The maximum absolute atomic E-state index is 5.81. The molecule has 0 amide bonds. The van der Waals surface area contributed by atoms with Crippen LogP contribution >= 0.6 is 0 Å². The van der Waals surface area contributed by atoms with Crippen molar-refractivity contribution in [1.29, 1.82) is 0 Å². The summed E-state index contributed by atoms with van der Waals surface area (Å²) in [4.78, 5) is 2.58. The van der Waals surface area contributed by atoms with Crippen molar-refractivity contribution < 1.29 is 4.42 Å². The van der Waals surface area contributed by atoms with Gasteiger partial charge in [0.2, 0.25) is 0 Å². The van der Waals surface area contributed by atoms with Gasteiger partial charge >= 0.3 is 0 Å². The predicted octanol–water partition coefficient (Wildman–Crippen LogP) is 1.92. The maximum atomic E-state index is 5.81. The van der Waals surface area contributed by atoms with E-state index in [1.807, 2.05) is 12.3 Å². The molecule has 0 radical (unpaired) electrons. The van der Waals surface area contributed by atoms with Crippen LogP contribution in [-0.2, 0) is 6.42 Å². The molecule has 2 atom stereocenters. The van der Waals surface area contributed by atoms with Gasteiger partial charge in [0.1, 0.15) is 0 Å². The van der Waals surface area contributed by atoms with Crippen molar-refractivity contribution in [2.75, 3.05) is 13.1 Å². The Hall–Kier alpha value is -0.840. The zero-order valence-electron chi connectivity index (χ0n) is 11.5. The van der Waals surface area contributed by atoms with Gasteiger partial charge in [-0.3, -0.25) is 16.2 Å². The van der Waals surface area contributed by atoms with E-state index < -0.39 is 0 Å². The summed E-state index contributed by atoms with van der Waals surface area (Å²) in [7, 11) is 0. The first-order valence-corrected chi connectivity index (χ1v) is 6.93. The van der Waals surface area contributed by atoms with Gasteiger partial charge < -0.3 is 4.42 Å². The molecule has 4 heteroatoms. The lowest BCUT2D eigenvalue weighted by molar-refractivity contribution is 0.0840. The number of nitrogens with two attached hydrogens (primary N) is 1. The minimum Gasteiger partial charge on any atom is -0.472 e. The molecule has 0 spiro atoms. The van der Waals surface area contributed by atoms with Crippen LogP contribution in [0, 0.1) is 0 Å². The Labute approximate surface area is 109 Å². The molecule has 0 saturated carbocycles. The van der Waals surface area contributed by atoms with Crippen LogP contribution in [-0.4, -0.2) is 29.6 Å². The fourth-order valence-corrected chi connectivity index (χ4v) is 3.02. The fourth-order valence-electron chi connectivity index (χ4n) is 3.02. The molecule has 102 valence electrons. The zero-order valence-corrected chi connectivity index (χ0v) is 11.5. The second-order valence-corrected chi connectivity index (χ2v) is 5.46. The molecule has 1 aliphatic heterocycles. The number of hydrogen-bond acceptors (Lipinski definition) is 4. The van der Waals surface area contributed by atoms with E-state index in [2.05, 4.69) is 24.2 Å².